The lowest BCUT2D eigenvalue weighted by Gasteiger charge is -2.25. The lowest BCUT2D eigenvalue weighted by Crippen LogP contribution is -2.35. The molecule has 0 saturated carbocycles. The van der Waals surface area contributed by atoms with E-state index in [0.29, 0.717) is 12.2 Å². The highest BCUT2D eigenvalue weighted by Gasteiger charge is 2.21. The summed E-state index contributed by atoms with van der Waals surface area (Å²) in [5.74, 6) is -2.51. The molecule has 0 radical (unpaired) electrons. The van der Waals surface area contributed by atoms with Gasteiger partial charge in [0.1, 0.15) is 0 Å². The number of carboxylic acid groups (broad SMARTS) is 2. The quantitative estimate of drug-likeness (QED) is 0.708. The molecule has 2 aromatic carbocycles. The van der Waals surface area contributed by atoms with Gasteiger partial charge in [0.15, 0.2) is 0 Å². The minimum atomic E-state index is -1.26. The van der Waals surface area contributed by atoms with Crippen LogP contribution in [-0.2, 0) is 21.5 Å². The van der Waals surface area contributed by atoms with E-state index in [1.807, 2.05) is 49.4 Å². The highest BCUT2D eigenvalue weighted by Crippen LogP contribution is 2.24. The minimum Gasteiger partial charge on any atom is -0.478 e. The first-order valence-corrected chi connectivity index (χ1v) is 7.81. The smallest absolute Gasteiger partial charge is 0.328 e. The topological polar surface area (TPSA) is 101 Å². The molecule has 0 aliphatic rings. The van der Waals surface area contributed by atoms with E-state index in [9.17, 15) is 9.59 Å². The third-order valence-corrected chi connectivity index (χ3v) is 3.54. The van der Waals surface area contributed by atoms with Crippen LogP contribution in [0.1, 0.15) is 18.1 Å². The van der Waals surface area contributed by atoms with E-state index in [1.54, 1.807) is 0 Å². The van der Waals surface area contributed by atoms with Gasteiger partial charge < -0.3 is 15.9 Å². The first-order chi connectivity index (χ1) is 11.7. The molecule has 0 aliphatic heterocycles. The molecule has 0 spiro atoms. The number of aliphatic carboxylic acids is 2. The lowest BCUT2D eigenvalue weighted by molar-refractivity contribution is -0.134. The van der Waals surface area contributed by atoms with Crippen molar-refractivity contribution >= 4 is 23.5 Å². The van der Waals surface area contributed by atoms with E-state index in [0.717, 1.165) is 17.0 Å². The van der Waals surface area contributed by atoms with E-state index in [2.05, 4.69) is 12.1 Å². The van der Waals surface area contributed by atoms with Crippen LogP contribution in [0.4, 0.5) is 0 Å². The molecule has 0 heterocycles. The molecule has 1 unspecified atom stereocenters. The normalized spacial score (nSPS) is 12.8. The third kappa shape index (κ3) is 8.15. The van der Waals surface area contributed by atoms with Gasteiger partial charge in [0.05, 0.1) is 0 Å². The summed E-state index contributed by atoms with van der Waals surface area (Å²) in [6.45, 7) is 2.04. The van der Waals surface area contributed by atoms with Crippen molar-refractivity contribution in [1.29, 1.82) is 0 Å². The number of hydrogen-bond acceptors (Lipinski definition) is 3. The van der Waals surface area contributed by atoms with Crippen LogP contribution in [0.3, 0.4) is 0 Å². The van der Waals surface area contributed by atoms with E-state index in [4.69, 9.17) is 27.5 Å². The van der Waals surface area contributed by atoms with E-state index >= 15 is 0 Å². The molecule has 0 aromatic heterocycles. The van der Waals surface area contributed by atoms with E-state index < -0.39 is 11.9 Å². The molecule has 0 fully saturated rings. The second kappa shape index (κ2) is 9.61. The van der Waals surface area contributed by atoms with Crippen molar-refractivity contribution in [1.82, 2.24) is 0 Å². The summed E-state index contributed by atoms with van der Waals surface area (Å²) >= 11 is 5.88. The third-order valence-electron chi connectivity index (χ3n) is 3.29. The van der Waals surface area contributed by atoms with Gasteiger partial charge in [-0.05, 0) is 36.6 Å². The van der Waals surface area contributed by atoms with Gasteiger partial charge in [-0.3, -0.25) is 0 Å². The Bertz CT molecular complexity index is 709. The molecule has 0 aliphatic carbocycles. The van der Waals surface area contributed by atoms with Crippen LogP contribution in [0.25, 0.3) is 0 Å². The fourth-order valence-corrected chi connectivity index (χ4v) is 2.22. The van der Waals surface area contributed by atoms with Gasteiger partial charge in [-0.25, -0.2) is 9.59 Å². The van der Waals surface area contributed by atoms with Crippen LogP contribution in [0.5, 0.6) is 0 Å². The van der Waals surface area contributed by atoms with Crippen LogP contribution in [0.15, 0.2) is 66.7 Å². The molecule has 6 heteroatoms. The van der Waals surface area contributed by atoms with Crippen LogP contribution in [0, 0.1) is 0 Å². The average molecular weight is 362 g/mol. The zero-order valence-electron chi connectivity index (χ0n) is 13.7. The fourth-order valence-electron chi connectivity index (χ4n) is 2.10. The zero-order valence-corrected chi connectivity index (χ0v) is 14.5. The van der Waals surface area contributed by atoms with Gasteiger partial charge >= 0.3 is 11.9 Å². The van der Waals surface area contributed by atoms with Crippen molar-refractivity contribution in [2.24, 2.45) is 5.73 Å². The summed E-state index contributed by atoms with van der Waals surface area (Å²) < 4.78 is 0. The Balaban J connectivity index is 0.000000333. The first kappa shape index (κ1) is 20.4. The predicted octanol–water partition coefficient (Wildman–Crippen LogP) is 3.47. The van der Waals surface area contributed by atoms with Gasteiger partial charge in [-0.15, -0.1) is 0 Å². The van der Waals surface area contributed by atoms with E-state index in [1.165, 1.54) is 5.56 Å². The molecule has 25 heavy (non-hydrogen) atoms. The number of nitrogens with two attached hydrogens (primary N) is 1. The van der Waals surface area contributed by atoms with E-state index in [-0.39, 0.29) is 5.54 Å². The maximum atomic E-state index is 9.55. The lowest BCUT2D eigenvalue weighted by atomic mass is 9.87. The maximum absolute atomic E-state index is 9.55. The summed E-state index contributed by atoms with van der Waals surface area (Å²) in [6, 6.07) is 18.0. The van der Waals surface area contributed by atoms with Crippen molar-refractivity contribution in [2.45, 2.75) is 18.9 Å². The number of hydrogen-bond donors (Lipinski definition) is 3. The van der Waals surface area contributed by atoms with Crippen LogP contribution < -0.4 is 5.73 Å². The molecule has 2 rings (SSSR count). The van der Waals surface area contributed by atoms with Crippen molar-refractivity contribution in [3.8, 4) is 0 Å². The Morgan fingerprint density at radius 3 is 1.92 bits per heavy atom. The van der Waals surface area contributed by atoms with Gasteiger partial charge in [0, 0.05) is 22.7 Å². The van der Waals surface area contributed by atoms with Crippen LogP contribution in [0.2, 0.25) is 5.02 Å². The molecule has 132 valence electrons. The van der Waals surface area contributed by atoms with Gasteiger partial charge in [-0.2, -0.15) is 0 Å². The van der Waals surface area contributed by atoms with Gasteiger partial charge in [0.2, 0.25) is 0 Å². The van der Waals surface area contributed by atoms with Crippen molar-refractivity contribution in [3.05, 3.63) is 82.9 Å². The Hall–Kier alpha value is -2.63. The summed E-state index contributed by atoms with van der Waals surface area (Å²) in [4.78, 5) is 19.1. The van der Waals surface area contributed by atoms with Crippen molar-refractivity contribution in [2.75, 3.05) is 0 Å². The summed E-state index contributed by atoms with van der Waals surface area (Å²) in [7, 11) is 0. The fraction of sp³-hybridized carbons (Fsp3) is 0.158. The standard InChI is InChI=1S/C15H16ClN.C4H4O4/c1-15(17,11-12-5-3-2-4-6-12)13-7-9-14(16)10-8-13;5-3(6)1-2-4(7)8/h2-10H,11,17H2,1H3;1-2H,(H,5,6)(H,7,8)/b;2-1-. The van der Waals surface area contributed by atoms with Crippen molar-refractivity contribution in [3.63, 3.8) is 0 Å². The highest BCUT2D eigenvalue weighted by atomic mass is 35.5. The Morgan fingerprint density at radius 1 is 1.00 bits per heavy atom. The van der Waals surface area contributed by atoms with Crippen molar-refractivity contribution < 1.29 is 19.8 Å². The number of rotatable bonds is 5. The number of carbonyl (C=O) groups is 2. The van der Waals surface area contributed by atoms with Gasteiger partial charge in [-0.1, -0.05) is 54.1 Å². The molecule has 4 N–H and O–H groups in total. The summed E-state index contributed by atoms with van der Waals surface area (Å²) in [5, 5.41) is 16.4. The Morgan fingerprint density at radius 2 is 1.48 bits per heavy atom. The molecule has 1 atom stereocenters. The SMILES string of the molecule is CC(N)(Cc1ccccc1)c1ccc(Cl)cc1.O=C(O)/C=C\C(=O)O. The molecule has 5 nitrogen and oxygen atoms in total. The molecular weight excluding hydrogens is 342 g/mol. The van der Waals surface area contributed by atoms with Crippen LogP contribution >= 0.6 is 11.6 Å². The van der Waals surface area contributed by atoms with Crippen LogP contribution in [-0.4, -0.2) is 22.2 Å². The summed E-state index contributed by atoms with van der Waals surface area (Å²) in [6.07, 6.45) is 1.93. The largest absolute Gasteiger partial charge is 0.478 e. The Labute approximate surface area is 151 Å². The molecule has 0 bridgehead atoms. The highest BCUT2D eigenvalue weighted by molar-refractivity contribution is 6.30. The molecule has 2 aromatic rings. The second-order valence-electron chi connectivity index (χ2n) is 5.60. The Kier molecular flexibility index (Phi) is 7.85. The average Bonchev–Trinajstić information content (AvgIpc) is 2.54. The number of benzene rings is 2. The molecular formula is C19H20ClNO4. The maximum Gasteiger partial charge on any atom is 0.328 e. The minimum absolute atomic E-state index is 0.369. The molecule has 0 amide bonds. The summed E-state index contributed by atoms with van der Waals surface area (Å²) in [5.41, 5.74) is 8.35. The zero-order chi connectivity index (χ0) is 18.9. The molecule has 0 saturated heterocycles. The number of carboxylic acids is 2. The first-order valence-electron chi connectivity index (χ1n) is 7.43. The second-order valence-corrected chi connectivity index (χ2v) is 6.03. The van der Waals surface area contributed by atoms with Gasteiger partial charge in [0.25, 0.3) is 0 Å². The number of halogens is 1. The monoisotopic (exact) mass is 361 g/mol. The predicted molar refractivity (Wildman–Crippen MR) is 97.5 cm³/mol.